The third kappa shape index (κ3) is 2.12. The van der Waals surface area contributed by atoms with E-state index in [1.54, 1.807) is 7.05 Å². The van der Waals surface area contributed by atoms with Gasteiger partial charge >= 0.3 is 6.03 Å². The van der Waals surface area contributed by atoms with Crippen molar-refractivity contribution in [3.63, 3.8) is 0 Å². The largest absolute Gasteiger partial charge is 0.451 e. The summed E-state index contributed by atoms with van der Waals surface area (Å²) in [6.45, 7) is -0.0451. The van der Waals surface area contributed by atoms with Gasteiger partial charge in [-0.3, -0.25) is 4.79 Å². The average Bonchev–Trinajstić information content (AvgIpc) is 3.07. The number of fused-ring (bicyclic) bond motifs is 1. The Morgan fingerprint density at radius 2 is 2.05 bits per heavy atom. The van der Waals surface area contributed by atoms with E-state index in [2.05, 4.69) is 5.32 Å². The van der Waals surface area contributed by atoms with Crippen LogP contribution in [0, 0.1) is 5.82 Å². The molecule has 3 amide bonds. The van der Waals surface area contributed by atoms with Crippen molar-refractivity contribution >= 4 is 23.7 Å². The quantitative estimate of drug-likeness (QED) is 0.856. The van der Waals surface area contributed by atoms with Crippen molar-refractivity contribution < 1.29 is 23.5 Å². The summed E-state index contributed by atoms with van der Waals surface area (Å²) in [5.74, 6) is -0.637. The lowest BCUT2D eigenvalue weighted by molar-refractivity contribution is -0.123. The van der Waals surface area contributed by atoms with E-state index in [0.29, 0.717) is 11.4 Å². The Hall–Kier alpha value is -2.77. The first-order chi connectivity index (χ1) is 10.5. The Labute approximate surface area is 125 Å². The zero-order valence-electron chi connectivity index (χ0n) is 12.1. The van der Waals surface area contributed by atoms with Crippen molar-refractivity contribution in [1.82, 2.24) is 9.80 Å². The summed E-state index contributed by atoms with van der Waals surface area (Å²) >= 11 is 0. The molecule has 2 heterocycles. The Morgan fingerprint density at radius 1 is 1.32 bits per heavy atom. The van der Waals surface area contributed by atoms with Gasteiger partial charge in [0.1, 0.15) is 6.54 Å². The molecule has 1 aromatic carbocycles. The molecular weight excluding hydrogens is 293 g/mol. The highest BCUT2D eigenvalue weighted by molar-refractivity contribution is 6.03. The van der Waals surface area contributed by atoms with E-state index in [4.69, 9.17) is 9.47 Å². The van der Waals surface area contributed by atoms with Gasteiger partial charge < -0.3 is 19.7 Å². The monoisotopic (exact) mass is 307 g/mol. The molecule has 0 unspecified atom stereocenters. The fourth-order valence-electron chi connectivity index (χ4n) is 2.30. The van der Waals surface area contributed by atoms with Gasteiger partial charge in [0, 0.05) is 25.9 Å². The van der Waals surface area contributed by atoms with Crippen LogP contribution < -0.4 is 14.8 Å². The first kappa shape index (κ1) is 14.2. The predicted molar refractivity (Wildman–Crippen MR) is 76.0 cm³/mol. The number of halogens is 1. The number of nitrogens with one attached hydrogen (secondary N) is 1. The van der Waals surface area contributed by atoms with Crippen LogP contribution in [-0.2, 0) is 4.79 Å². The Kier molecular flexibility index (Phi) is 3.36. The molecule has 2 aliphatic heterocycles. The summed E-state index contributed by atoms with van der Waals surface area (Å²) in [4.78, 5) is 25.7. The van der Waals surface area contributed by atoms with Crippen molar-refractivity contribution in [2.75, 3.05) is 32.7 Å². The Morgan fingerprint density at radius 3 is 2.68 bits per heavy atom. The third-order valence-corrected chi connectivity index (χ3v) is 3.46. The maximum atomic E-state index is 14.4. The number of likely N-dealkylation sites (N-methyl/N-ethyl adjacent to an activating group) is 1. The van der Waals surface area contributed by atoms with Crippen molar-refractivity contribution in [1.29, 1.82) is 0 Å². The van der Waals surface area contributed by atoms with E-state index < -0.39 is 11.8 Å². The molecule has 2 aliphatic rings. The standard InChI is InChI=1S/C14H14FN3O4/c1-16-9-5-8(11(15)13-12(9)21-7-22-13)3-4-18-10(19)6-17(2)14(18)20/h3-5,16H,6-7H2,1-2H3/b4-3+. The van der Waals surface area contributed by atoms with Gasteiger partial charge in [-0.05, 0) is 12.1 Å². The second-order valence-electron chi connectivity index (χ2n) is 4.86. The Balaban J connectivity index is 1.94. The molecule has 1 fully saturated rings. The summed E-state index contributed by atoms with van der Waals surface area (Å²) in [5.41, 5.74) is 0.744. The van der Waals surface area contributed by atoms with Gasteiger partial charge in [0.2, 0.25) is 12.5 Å². The number of carbonyl (C=O) groups excluding carboxylic acids is 2. The van der Waals surface area contributed by atoms with Crippen LogP contribution in [0.1, 0.15) is 5.56 Å². The molecule has 1 saturated heterocycles. The number of benzene rings is 1. The Bertz CT molecular complexity index is 689. The minimum Gasteiger partial charge on any atom is -0.451 e. The highest BCUT2D eigenvalue weighted by atomic mass is 19.1. The van der Waals surface area contributed by atoms with Gasteiger partial charge in [0.15, 0.2) is 11.6 Å². The molecule has 0 bridgehead atoms. The molecule has 1 aromatic rings. The molecule has 0 aliphatic carbocycles. The molecule has 0 atom stereocenters. The number of carbonyl (C=O) groups is 2. The highest BCUT2D eigenvalue weighted by Crippen LogP contribution is 2.43. The van der Waals surface area contributed by atoms with E-state index in [0.717, 1.165) is 4.90 Å². The highest BCUT2D eigenvalue weighted by Gasteiger charge is 2.32. The molecule has 0 saturated carbocycles. The van der Waals surface area contributed by atoms with Crippen molar-refractivity contribution in [2.45, 2.75) is 0 Å². The van der Waals surface area contributed by atoms with Crippen LogP contribution in [0.15, 0.2) is 12.3 Å². The normalized spacial score (nSPS) is 17.0. The summed E-state index contributed by atoms with van der Waals surface area (Å²) in [6, 6.07) is 1.07. The number of hydrogen-bond donors (Lipinski definition) is 1. The van der Waals surface area contributed by atoms with E-state index in [1.165, 1.54) is 30.3 Å². The van der Waals surface area contributed by atoms with Crippen molar-refractivity contribution in [3.8, 4) is 11.5 Å². The van der Waals surface area contributed by atoms with Gasteiger partial charge in [-0.2, -0.15) is 0 Å². The number of amides is 3. The van der Waals surface area contributed by atoms with Gasteiger partial charge in [-0.25, -0.2) is 14.1 Å². The molecule has 1 N–H and O–H groups in total. The third-order valence-electron chi connectivity index (χ3n) is 3.46. The van der Waals surface area contributed by atoms with Crippen LogP contribution >= 0.6 is 0 Å². The van der Waals surface area contributed by atoms with Crippen LogP contribution in [-0.4, -0.2) is 49.2 Å². The van der Waals surface area contributed by atoms with Gasteiger partial charge in [0.05, 0.1) is 5.69 Å². The lowest BCUT2D eigenvalue weighted by Crippen LogP contribution is -2.26. The lowest BCUT2D eigenvalue weighted by Gasteiger charge is -2.10. The molecule has 116 valence electrons. The van der Waals surface area contributed by atoms with Crippen LogP contribution in [0.25, 0.3) is 6.08 Å². The summed E-state index contributed by atoms with van der Waals surface area (Å²) < 4.78 is 24.7. The van der Waals surface area contributed by atoms with Crippen LogP contribution in [0.2, 0.25) is 0 Å². The van der Waals surface area contributed by atoms with E-state index in [1.807, 2.05) is 0 Å². The van der Waals surface area contributed by atoms with E-state index in [9.17, 15) is 14.0 Å². The minimum absolute atomic E-state index is 0.00849. The molecular formula is C14H14FN3O4. The average molecular weight is 307 g/mol. The fourth-order valence-corrected chi connectivity index (χ4v) is 2.30. The fraction of sp³-hybridized carbons (Fsp3) is 0.286. The second-order valence-corrected chi connectivity index (χ2v) is 4.86. The number of hydrogen-bond acceptors (Lipinski definition) is 5. The van der Waals surface area contributed by atoms with Crippen molar-refractivity contribution in [2.24, 2.45) is 0 Å². The number of nitrogens with zero attached hydrogens (tertiary/aromatic N) is 2. The molecule has 3 rings (SSSR count). The molecule has 7 nitrogen and oxygen atoms in total. The van der Waals surface area contributed by atoms with Gasteiger partial charge in [0.25, 0.3) is 5.91 Å². The second kappa shape index (κ2) is 5.21. The molecule has 0 aromatic heterocycles. The summed E-state index contributed by atoms with van der Waals surface area (Å²) in [5, 5.41) is 2.89. The SMILES string of the molecule is CNc1cc(/C=C/N2C(=O)CN(C)C2=O)c(F)c2c1OCO2. The number of anilines is 1. The topological polar surface area (TPSA) is 71.1 Å². The summed E-state index contributed by atoms with van der Waals surface area (Å²) in [6.07, 6.45) is 2.61. The zero-order chi connectivity index (χ0) is 15.9. The minimum atomic E-state index is -0.602. The number of imide groups is 1. The maximum Gasteiger partial charge on any atom is 0.331 e. The molecule has 8 heteroatoms. The molecule has 0 radical (unpaired) electrons. The van der Waals surface area contributed by atoms with Crippen LogP contribution in [0.4, 0.5) is 14.9 Å². The molecule has 22 heavy (non-hydrogen) atoms. The summed E-state index contributed by atoms with van der Waals surface area (Å²) in [7, 11) is 3.19. The zero-order valence-corrected chi connectivity index (χ0v) is 12.1. The van der Waals surface area contributed by atoms with Crippen molar-refractivity contribution in [3.05, 3.63) is 23.6 Å². The predicted octanol–water partition coefficient (Wildman–Crippen LogP) is 1.46. The number of ether oxygens (including phenoxy) is 2. The first-order valence-corrected chi connectivity index (χ1v) is 6.58. The molecule has 0 spiro atoms. The first-order valence-electron chi connectivity index (χ1n) is 6.58. The van der Waals surface area contributed by atoms with Gasteiger partial charge in [-0.15, -0.1) is 0 Å². The van der Waals surface area contributed by atoms with E-state index in [-0.39, 0.29) is 30.6 Å². The smallest absolute Gasteiger partial charge is 0.331 e. The number of rotatable bonds is 3. The van der Waals surface area contributed by atoms with Gasteiger partial charge in [-0.1, -0.05) is 0 Å². The van der Waals surface area contributed by atoms with Crippen LogP contribution in [0.3, 0.4) is 0 Å². The lowest BCUT2D eigenvalue weighted by atomic mass is 10.1. The van der Waals surface area contributed by atoms with E-state index >= 15 is 0 Å². The maximum absolute atomic E-state index is 14.4. The number of urea groups is 1. The van der Waals surface area contributed by atoms with Crippen LogP contribution in [0.5, 0.6) is 11.5 Å².